The Hall–Kier alpha value is -1.62. The number of anilines is 1. The van der Waals surface area contributed by atoms with Crippen molar-refractivity contribution in [1.82, 2.24) is 4.90 Å². The molecule has 0 saturated carbocycles. The van der Waals surface area contributed by atoms with E-state index >= 15 is 0 Å². The maximum atomic E-state index is 12.6. The molecular weight excluding hydrogens is 491 g/mol. The third-order valence-corrected chi connectivity index (χ3v) is 7.71. The molecule has 12 heteroatoms. The van der Waals surface area contributed by atoms with E-state index < -0.39 is 19.8 Å². The lowest BCUT2D eigenvalue weighted by Crippen LogP contribution is -2.28. The number of nitrogens with zero attached hydrogens (tertiary/aromatic N) is 2. The molecule has 1 amide bonds. The van der Waals surface area contributed by atoms with Crippen molar-refractivity contribution in [2.24, 2.45) is 0 Å². The molecule has 0 aliphatic carbocycles. The highest BCUT2D eigenvalue weighted by Crippen LogP contribution is 2.48. The molecular formula is C20H23N2O6PS3. The van der Waals surface area contributed by atoms with Gasteiger partial charge in [-0.15, -0.1) is 0 Å². The topological polar surface area (TPSA) is 107 Å². The van der Waals surface area contributed by atoms with Gasteiger partial charge in [-0.05, 0) is 30.7 Å². The summed E-state index contributed by atoms with van der Waals surface area (Å²) < 4.78 is 16.8. The zero-order chi connectivity index (χ0) is 23.5. The molecule has 0 unspecified atom stereocenters. The Morgan fingerprint density at radius 3 is 2.62 bits per heavy atom. The number of benzene rings is 1. The van der Waals surface area contributed by atoms with Gasteiger partial charge in [-0.2, -0.15) is 0 Å². The average molecular weight is 515 g/mol. The minimum Gasteiger partial charge on any atom is -0.426 e. The SMILES string of the molecule is CCCCN1/C(=C/C=C2/SC(=S)N(CP(=O)(O)O)C2=O)Sc2ccc(OC(=O)CC)cc21. The van der Waals surface area contributed by atoms with Crippen molar-refractivity contribution in [2.45, 2.75) is 38.0 Å². The van der Waals surface area contributed by atoms with Crippen LogP contribution in [-0.2, 0) is 14.2 Å². The molecule has 0 aromatic heterocycles. The van der Waals surface area contributed by atoms with E-state index in [9.17, 15) is 23.9 Å². The van der Waals surface area contributed by atoms with Crippen LogP contribution >= 0.6 is 43.3 Å². The molecule has 0 radical (unpaired) electrons. The predicted octanol–water partition coefficient (Wildman–Crippen LogP) is 4.44. The summed E-state index contributed by atoms with van der Waals surface area (Å²) in [6.45, 7) is 4.59. The minimum absolute atomic E-state index is 0.121. The smallest absolute Gasteiger partial charge is 0.345 e. The van der Waals surface area contributed by atoms with Crippen molar-refractivity contribution < 1.29 is 28.7 Å². The molecule has 172 valence electrons. The highest BCUT2D eigenvalue weighted by atomic mass is 32.2. The van der Waals surface area contributed by atoms with Gasteiger partial charge in [-0.25, -0.2) is 0 Å². The van der Waals surface area contributed by atoms with Crippen LogP contribution in [0.4, 0.5) is 5.69 Å². The first-order valence-corrected chi connectivity index (χ1v) is 13.8. The summed E-state index contributed by atoms with van der Waals surface area (Å²) in [5.74, 6) is -0.337. The van der Waals surface area contributed by atoms with E-state index in [1.54, 1.807) is 19.1 Å². The van der Waals surface area contributed by atoms with Gasteiger partial charge in [0.2, 0.25) is 0 Å². The standard InChI is InChI=1S/C20H23N2O6PS3/c1-3-5-10-21-14-11-13(28-18(23)4-2)6-7-15(14)31-17(21)9-8-16-19(24)22(20(30)32-16)12-29(25,26)27/h6-9,11H,3-5,10,12H2,1-2H3,(H2,25,26,27)/b16-8+,17-9-. The number of hydrogen-bond donors (Lipinski definition) is 2. The van der Waals surface area contributed by atoms with Crippen molar-refractivity contribution in [3.05, 3.63) is 40.3 Å². The molecule has 1 aromatic carbocycles. The summed E-state index contributed by atoms with van der Waals surface area (Å²) in [6, 6.07) is 5.50. The number of rotatable bonds is 8. The van der Waals surface area contributed by atoms with Crippen molar-refractivity contribution in [3.63, 3.8) is 0 Å². The summed E-state index contributed by atoms with van der Waals surface area (Å²) in [6.07, 6.45) is 4.94. The van der Waals surface area contributed by atoms with Crippen LogP contribution in [0, 0.1) is 0 Å². The number of hydrogen-bond acceptors (Lipinski definition) is 8. The van der Waals surface area contributed by atoms with Gasteiger partial charge in [0.1, 0.15) is 16.4 Å². The van der Waals surface area contributed by atoms with Gasteiger partial charge in [0.25, 0.3) is 5.91 Å². The molecule has 2 aliphatic rings. The molecule has 2 aliphatic heterocycles. The van der Waals surface area contributed by atoms with Crippen molar-refractivity contribution >= 4 is 65.2 Å². The molecule has 3 rings (SSSR count). The Bertz CT molecular complexity index is 1050. The second-order valence-corrected chi connectivity index (χ2v) is 11.4. The second-order valence-electron chi connectivity index (χ2n) is 7.01. The lowest BCUT2D eigenvalue weighted by molar-refractivity contribution is -0.134. The number of amides is 1. The Labute approximate surface area is 200 Å². The Morgan fingerprint density at radius 2 is 1.97 bits per heavy atom. The molecule has 1 fully saturated rings. The van der Waals surface area contributed by atoms with Crippen molar-refractivity contribution in [3.8, 4) is 5.75 Å². The molecule has 32 heavy (non-hydrogen) atoms. The lowest BCUT2D eigenvalue weighted by Gasteiger charge is -2.20. The van der Waals surface area contributed by atoms with E-state index in [-0.39, 0.29) is 16.7 Å². The molecule has 2 heterocycles. The van der Waals surface area contributed by atoms with Gasteiger partial charge in [-0.1, -0.05) is 56.0 Å². The molecule has 2 N–H and O–H groups in total. The highest BCUT2D eigenvalue weighted by molar-refractivity contribution is 8.26. The number of carbonyl (C=O) groups excluding carboxylic acids is 2. The number of unbranched alkanes of at least 4 members (excludes halogenated alkanes) is 1. The first kappa shape index (κ1) is 25.0. The van der Waals surface area contributed by atoms with Crippen LogP contribution in [0.25, 0.3) is 0 Å². The number of thiocarbonyl (C=S) groups is 1. The van der Waals surface area contributed by atoms with Crippen LogP contribution in [0.15, 0.2) is 45.2 Å². The van der Waals surface area contributed by atoms with Crippen molar-refractivity contribution in [2.75, 3.05) is 17.7 Å². The van der Waals surface area contributed by atoms with E-state index in [4.69, 9.17) is 17.0 Å². The van der Waals surface area contributed by atoms with Gasteiger partial charge in [0.15, 0.2) is 0 Å². The van der Waals surface area contributed by atoms with Crippen LogP contribution in [0.1, 0.15) is 33.1 Å². The van der Waals surface area contributed by atoms with Crippen LogP contribution in [0.5, 0.6) is 5.75 Å². The molecule has 8 nitrogen and oxygen atoms in total. The van der Waals surface area contributed by atoms with Gasteiger partial charge >= 0.3 is 13.6 Å². The summed E-state index contributed by atoms with van der Waals surface area (Å²) in [5, 5.41) is 0.896. The van der Waals surface area contributed by atoms with Crippen molar-refractivity contribution in [1.29, 1.82) is 0 Å². The number of thioether (sulfide) groups is 2. The predicted molar refractivity (Wildman–Crippen MR) is 131 cm³/mol. The van der Waals surface area contributed by atoms with Crippen LogP contribution in [0.3, 0.4) is 0 Å². The largest absolute Gasteiger partial charge is 0.426 e. The first-order chi connectivity index (χ1) is 15.1. The highest BCUT2D eigenvalue weighted by Gasteiger charge is 2.36. The zero-order valence-corrected chi connectivity index (χ0v) is 20.9. The summed E-state index contributed by atoms with van der Waals surface area (Å²) >= 11 is 7.66. The van der Waals surface area contributed by atoms with E-state index in [0.717, 1.165) is 51.7 Å². The van der Waals surface area contributed by atoms with E-state index in [2.05, 4.69) is 11.8 Å². The monoisotopic (exact) mass is 514 g/mol. The molecule has 0 spiro atoms. The Balaban J connectivity index is 1.86. The summed E-state index contributed by atoms with van der Waals surface area (Å²) in [4.78, 5) is 46.9. The lowest BCUT2D eigenvalue weighted by atomic mass is 10.2. The summed E-state index contributed by atoms with van der Waals surface area (Å²) in [7, 11) is -4.42. The number of esters is 1. The molecule has 1 saturated heterocycles. The first-order valence-electron chi connectivity index (χ1n) is 9.93. The number of fused-ring (bicyclic) bond motifs is 1. The van der Waals surface area contributed by atoms with Gasteiger partial charge in [-0.3, -0.25) is 19.1 Å². The van der Waals surface area contributed by atoms with E-state index in [1.165, 1.54) is 11.8 Å². The second kappa shape index (κ2) is 10.5. The number of carbonyl (C=O) groups is 2. The normalized spacial score (nSPS) is 18.8. The quantitative estimate of drug-likeness (QED) is 0.170. The third-order valence-electron chi connectivity index (χ3n) is 4.53. The van der Waals surface area contributed by atoms with E-state index in [0.29, 0.717) is 10.7 Å². The van der Waals surface area contributed by atoms with Crippen LogP contribution < -0.4 is 9.64 Å². The number of allylic oxidation sites excluding steroid dienone is 2. The van der Waals surface area contributed by atoms with Gasteiger partial charge < -0.3 is 19.4 Å². The van der Waals surface area contributed by atoms with Crippen LogP contribution in [0.2, 0.25) is 0 Å². The van der Waals surface area contributed by atoms with Crippen LogP contribution in [-0.4, -0.2) is 43.7 Å². The van der Waals surface area contributed by atoms with Gasteiger partial charge in [0, 0.05) is 23.9 Å². The third kappa shape index (κ3) is 6.03. The average Bonchev–Trinajstić information content (AvgIpc) is 3.20. The maximum Gasteiger partial charge on any atom is 0.345 e. The Kier molecular flexibility index (Phi) is 8.24. The molecule has 0 atom stereocenters. The zero-order valence-electron chi connectivity index (χ0n) is 17.5. The fourth-order valence-corrected chi connectivity index (χ4v) is 6.08. The fourth-order valence-electron chi connectivity index (χ4n) is 2.99. The Morgan fingerprint density at radius 1 is 1.22 bits per heavy atom. The summed E-state index contributed by atoms with van der Waals surface area (Å²) in [5.41, 5.74) is 0.929. The van der Waals surface area contributed by atoms with Gasteiger partial charge in [0.05, 0.1) is 15.6 Å². The van der Waals surface area contributed by atoms with E-state index in [1.807, 2.05) is 18.2 Å². The minimum atomic E-state index is -4.42. The molecule has 0 bridgehead atoms. The fraction of sp³-hybridized carbons (Fsp3) is 0.350. The number of ether oxygens (including phenoxy) is 1. The molecule has 1 aromatic rings. The maximum absolute atomic E-state index is 12.6.